The minimum Gasteiger partial charge on any atom is -0.455 e. The number of hydrogen-bond acceptors (Lipinski definition) is 2. The van der Waals surface area contributed by atoms with E-state index in [1.54, 1.807) is 0 Å². The number of rotatable bonds is 7. The van der Waals surface area contributed by atoms with E-state index in [1.165, 1.54) is 38.1 Å². The monoisotopic (exact) mass is 778 g/mol. The van der Waals surface area contributed by atoms with E-state index in [0.29, 0.717) is 0 Å². The summed E-state index contributed by atoms with van der Waals surface area (Å²) in [4.78, 5) is 2.45. The predicted molar refractivity (Wildman–Crippen MR) is 257 cm³/mol. The van der Waals surface area contributed by atoms with Crippen LogP contribution in [0.2, 0.25) is 0 Å². The number of furan rings is 1. The molecule has 61 heavy (non-hydrogen) atoms. The first-order valence-corrected chi connectivity index (χ1v) is 20.8. The van der Waals surface area contributed by atoms with Gasteiger partial charge in [-0.25, -0.2) is 0 Å². The van der Waals surface area contributed by atoms with Crippen molar-refractivity contribution in [1.82, 2.24) is 4.57 Å². The minimum absolute atomic E-state index is 0.880. The van der Waals surface area contributed by atoms with Gasteiger partial charge in [-0.05, 0) is 82.1 Å². The highest BCUT2D eigenvalue weighted by Gasteiger charge is 2.24. The molecule has 0 aliphatic carbocycles. The molecule has 0 aliphatic heterocycles. The van der Waals surface area contributed by atoms with E-state index in [4.69, 9.17) is 4.42 Å². The Morgan fingerprint density at radius 3 is 1.74 bits per heavy atom. The van der Waals surface area contributed by atoms with Crippen LogP contribution >= 0.6 is 0 Å². The molecule has 0 spiro atoms. The van der Waals surface area contributed by atoms with Gasteiger partial charge in [0.25, 0.3) is 0 Å². The summed E-state index contributed by atoms with van der Waals surface area (Å²) in [6.45, 7) is 0. The van der Waals surface area contributed by atoms with Crippen LogP contribution in [0.15, 0.2) is 235 Å². The topological polar surface area (TPSA) is 21.3 Å². The first-order chi connectivity index (χ1) is 30.3. The number of hydrogen-bond donors (Lipinski definition) is 0. The molecule has 0 fully saturated rings. The Morgan fingerprint density at radius 1 is 0.344 bits per heavy atom. The van der Waals surface area contributed by atoms with Gasteiger partial charge in [-0.3, -0.25) is 0 Å². The van der Waals surface area contributed by atoms with Crippen molar-refractivity contribution in [3.05, 3.63) is 231 Å². The summed E-state index contributed by atoms with van der Waals surface area (Å²) in [5.41, 5.74) is 15.1. The lowest BCUT2D eigenvalue weighted by Gasteiger charge is -2.30. The number of nitrogens with zero attached hydrogens (tertiary/aromatic N) is 2. The number of benzene rings is 10. The highest BCUT2D eigenvalue weighted by Crippen LogP contribution is 2.48. The fourth-order valence-electron chi connectivity index (χ4n) is 9.44. The van der Waals surface area contributed by atoms with Crippen LogP contribution in [0.4, 0.5) is 17.1 Å². The van der Waals surface area contributed by atoms with Crippen molar-refractivity contribution in [2.75, 3.05) is 4.90 Å². The molecule has 12 aromatic rings. The quantitative estimate of drug-likeness (QED) is 0.161. The molecular weight excluding hydrogens is 741 g/mol. The van der Waals surface area contributed by atoms with Crippen molar-refractivity contribution in [3.63, 3.8) is 0 Å². The third kappa shape index (κ3) is 5.74. The van der Waals surface area contributed by atoms with E-state index in [9.17, 15) is 0 Å². The van der Waals surface area contributed by atoms with Gasteiger partial charge in [0.2, 0.25) is 0 Å². The van der Waals surface area contributed by atoms with Crippen LogP contribution < -0.4 is 4.90 Å². The SMILES string of the molecule is c1ccc(-c2ccc(-c3cccc4ccccc34)cc2N(c2ccc(-n3c4ccccc4c4ccccc43)cc2)c2ccccc2-c2cccc3c2oc2ccccc23)cc1. The van der Waals surface area contributed by atoms with Crippen LogP contribution in [-0.4, -0.2) is 4.57 Å². The number of para-hydroxylation sites is 5. The molecule has 10 aromatic carbocycles. The summed E-state index contributed by atoms with van der Waals surface area (Å²) in [5, 5.41) is 7.15. The van der Waals surface area contributed by atoms with Crippen molar-refractivity contribution >= 4 is 71.6 Å². The Bertz CT molecular complexity index is 3540. The van der Waals surface area contributed by atoms with Gasteiger partial charge in [0.1, 0.15) is 11.2 Å². The summed E-state index contributed by atoms with van der Waals surface area (Å²) in [6, 6.07) is 83.0. The molecule has 2 aromatic heterocycles. The molecule has 3 heteroatoms. The smallest absolute Gasteiger partial charge is 0.143 e. The largest absolute Gasteiger partial charge is 0.455 e. The zero-order valence-electron chi connectivity index (χ0n) is 33.2. The normalized spacial score (nSPS) is 11.6. The molecule has 0 saturated carbocycles. The maximum Gasteiger partial charge on any atom is 0.143 e. The maximum absolute atomic E-state index is 6.70. The summed E-state index contributed by atoms with van der Waals surface area (Å²) in [5.74, 6) is 0. The lowest BCUT2D eigenvalue weighted by atomic mass is 9.93. The molecule has 0 unspecified atom stereocenters. The lowest BCUT2D eigenvalue weighted by molar-refractivity contribution is 0.670. The molecule has 0 saturated heterocycles. The van der Waals surface area contributed by atoms with E-state index in [-0.39, 0.29) is 0 Å². The number of anilines is 3. The van der Waals surface area contributed by atoms with Gasteiger partial charge in [0.15, 0.2) is 0 Å². The van der Waals surface area contributed by atoms with Crippen molar-refractivity contribution in [2.24, 2.45) is 0 Å². The molecule has 0 aliphatic rings. The first kappa shape index (κ1) is 34.9. The summed E-state index contributed by atoms with van der Waals surface area (Å²) in [6.07, 6.45) is 0. The van der Waals surface area contributed by atoms with Gasteiger partial charge >= 0.3 is 0 Å². The first-order valence-electron chi connectivity index (χ1n) is 20.8. The Labute approximate surface area is 353 Å². The van der Waals surface area contributed by atoms with Gasteiger partial charge < -0.3 is 13.9 Å². The minimum atomic E-state index is 0.880. The maximum atomic E-state index is 6.70. The third-order valence-electron chi connectivity index (χ3n) is 12.2. The second kappa shape index (κ2) is 14.3. The molecule has 12 rings (SSSR count). The Balaban J connectivity index is 1.13. The molecule has 2 heterocycles. The van der Waals surface area contributed by atoms with Crippen molar-refractivity contribution in [3.8, 4) is 39.1 Å². The molecule has 3 nitrogen and oxygen atoms in total. The Kier molecular flexibility index (Phi) is 8.17. The highest BCUT2D eigenvalue weighted by atomic mass is 16.3. The molecule has 0 atom stereocenters. The van der Waals surface area contributed by atoms with E-state index < -0.39 is 0 Å². The summed E-state index contributed by atoms with van der Waals surface area (Å²) < 4.78 is 9.08. The van der Waals surface area contributed by atoms with Crippen molar-refractivity contribution in [2.45, 2.75) is 0 Å². The van der Waals surface area contributed by atoms with Crippen molar-refractivity contribution < 1.29 is 4.42 Å². The van der Waals surface area contributed by atoms with Crippen molar-refractivity contribution in [1.29, 1.82) is 0 Å². The van der Waals surface area contributed by atoms with Crippen LogP contribution in [0.5, 0.6) is 0 Å². The van der Waals surface area contributed by atoms with Gasteiger partial charge in [0.05, 0.1) is 22.4 Å². The van der Waals surface area contributed by atoms with E-state index in [2.05, 4.69) is 234 Å². The van der Waals surface area contributed by atoms with Crippen LogP contribution in [0, 0.1) is 0 Å². The fourth-order valence-corrected chi connectivity index (χ4v) is 9.44. The Morgan fingerprint density at radius 2 is 0.934 bits per heavy atom. The fraction of sp³-hybridized carbons (Fsp3) is 0. The van der Waals surface area contributed by atoms with Crippen LogP contribution in [0.3, 0.4) is 0 Å². The average Bonchev–Trinajstić information content (AvgIpc) is 3.88. The third-order valence-corrected chi connectivity index (χ3v) is 12.2. The highest BCUT2D eigenvalue weighted by molar-refractivity contribution is 6.12. The molecule has 0 N–H and O–H groups in total. The van der Waals surface area contributed by atoms with E-state index in [0.717, 1.165) is 72.5 Å². The molecule has 286 valence electrons. The van der Waals surface area contributed by atoms with Crippen LogP contribution in [-0.2, 0) is 0 Å². The van der Waals surface area contributed by atoms with Gasteiger partial charge in [-0.15, -0.1) is 0 Å². The zero-order valence-corrected chi connectivity index (χ0v) is 33.2. The molecule has 0 amide bonds. The van der Waals surface area contributed by atoms with E-state index in [1.807, 2.05) is 6.07 Å². The second-order valence-corrected chi connectivity index (χ2v) is 15.6. The van der Waals surface area contributed by atoms with Crippen LogP contribution in [0.25, 0.3) is 93.6 Å². The average molecular weight is 779 g/mol. The lowest BCUT2D eigenvalue weighted by Crippen LogP contribution is -2.13. The number of aromatic nitrogens is 1. The van der Waals surface area contributed by atoms with E-state index >= 15 is 0 Å². The molecule has 0 radical (unpaired) electrons. The Hall–Kier alpha value is -8.14. The standard InChI is InChI=1S/C58H38N2O/c1-2-16-40(17-3-1)46-37-32-41(45-25-14-19-39-18-4-5-20-44(39)45)38-56(46)60(43-35-33-42(34-36-43)59-53-28-10-6-21-47(53)48-22-7-11-29-54(48)59)55-30-12-8-23-49(55)51-26-15-27-52-50-24-9-13-31-57(50)61-58(51)52/h1-38H. The predicted octanol–water partition coefficient (Wildman–Crippen LogP) is 16.3. The zero-order chi connectivity index (χ0) is 40.3. The molecule has 0 bridgehead atoms. The van der Waals surface area contributed by atoms with Crippen LogP contribution in [0.1, 0.15) is 0 Å². The van der Waals surface area contributed by atoms with Gasteiger partial charge in [-0.2, -0.15) is 0 Å². The van der Waals surface area contributed by atoms with Gasteiger partial charge in [0, 0.05) is 49.6 Å². The summed E-state index contributed by atoms with van der Waals surface area (Å²) in [7, 11) is 0. The number of fused-ring (bicyclic) bond motifs is 7. The summed E-state index contributed by atoms with van der Waals surface area (Å²) >= 11 is 0. The molecular formula is C58H38N2O. The van der Waals surface area contributed by atoms with Gasteiger partial charge in [-0.1, -0.05) is 176 Å². The second-order valence-electron chi connectivity index (χ2n) is 15.6.